The molecule has 1 aromatic carbocycles. The van der Waals surface area contributed by atoms with Gasteiger partial charge < -0.3 is 39.9 Å². The molecular weight excluding hydrogens is 904 g/mol. The van der Waals surface area contributed by atoms with Crippen LogP contribution in [0.2, 0.25) is 0 Å². The molecular formula is C52H83FN6O11. The van der Waals surface area contributed by atoms with Gasteiger partial charge in [0.05, 0.1) is 43.2 Å². The van der Waals surface area contributed by atoms with Crippen molar-refractivity contribution in [3.05, 3.63) is 47.8 Å². The smallest absolute Gasteiger partial charge is 0.326 e. The van der Waals surface area contributed by atoms with Crippen molar-refractivity contribution in [2.24, 2.45) is 23.2 Å². The lowest BCUT2D eigenvalue weighted by Crippen LogP contribution is -2.54. The Labute approximate surface area is 415 Å². The van der Waals surface area contributed by atoms with Crippen LogP contribution < -0.4 is 10.6 Å². The lowest BCUT2D eigenvalue weighted by atomic mass is 9.90. The molecule has 3 aliphatic rings. The molecule has 1 saturated carbocycles. The van der Waals surface area contributed by atoms with Gasteiger partial charge in [0.25, 0.3) is 11.8 Å². The largest absolute Gasteiger partial charge is 0.480 e. The van der Waals surface area contributed by atoms with Gasteiger partial charge in [-0.15, -0.1) is 0 Å². The predicted molar refractivity (Wildman–Crippen MR) is 264 cm³/mol. The first-order valence-corrected chi connectivity index (χ1v) is 24.9. The zero-order valence-corrected chi connectivity index (χ0v) is 43.8. The zero-order chi connectivity index (χ0) is 52.9. The molecule has 0 bridgehead atoms. The molecule has 2 heterocycles. The Hall–Kier alpha value is -5.23. The third-order valence-corrected chi connectivity index (χ3v) is 14.0. The molecule has 0 aromatic heterocycles. The number of carbonyl (C=O) groups excluding carboxylic acids is 7. The number of nitrogens with one attached hydrogen (secondary N) is 2. The number of likely N-dealkylation sites (tertiary alicyclic amines) is 1. The van der Waals surface area contributed by atoms with Gasteiger partial charge in [0.15, 0.2) is 0 Å². The van der Waals surface area contributed by atoms with E-state index in [0.29, 0.717) is 38.3 Å². The summed E-state index contributed by atoms with van der Waals surface area (Å²) in [6, 6.07) is 3.80. The molecule has 1 aliphatic carbocycles. The normalized spacial score (nSPS) is 18.6. The maximum absolute atomic E-state index is 14.3. The maximum atomic E-state index is 14.3. The molecule has 17 nitrogen and oxygen atoms in total. The highest BCUT2D eigenvalue weighted by atomic mass is 19.1. The monoisotopic (exact) mass is 987 g/mol. The van der Waals surface area contributed by atoms with Crippen molar-refractivity contribution in [1.29, 1.82) is 0 Å². The fraction of sp³-hybridized carbons (Fsp3) is 0.692. The number of carboxylic acid groups (broad SMARTS) is 1. The summed E-state index contributed by atoms with van der Waals surface area (Å²) in [6.07, 6.45) is 8.82. The fourth-order valence-corrected chi connectivity index (χ4v) is 8.95. The average Bonchev–Trinajstić information content (AvgIpc) is 3.88. The number of halogens is 1. The van der Waals surface area contributed by atoms with Crippen LogP contribution in [0.15, 0.2) is 36.4 Å². The van der Waals surface area contributed by atoms with E-state index in [4.69, 9.17) is 9.47 Å². The van der Waals surface area contributed by atoms with Gasteiger partial charge >= 0.3 is 5.97 Å². The van der Waals surface area contributed by atoms with E-state index < -0.39 is 53.9 Å². The summed E-state index contributed by atoms with van der Waals surface area (Å²) in [5, 5.41) is 14.7. The van der Waals surface area contributed by atoms with Gasteiger partial charge in [0, 0.05) is 72.4 Å². The number of rotatable bonds is 26. The van der Waals surface area contributed by atoms with Crippen LogP contribution in [0.3, 0.4) is 0 Å². The predicted octanol–water partition coefficient (Wildman–Crippen LogP) is 5.39. The van der Waals surface area contributed by atoms with Crippen LogP contribution >= 0.6 is 0 Å². The van der Waals surface area contributed by atoms with Crippen LogP contribution in [0.25, 0.3) is 0 Å². The van der Waals surface area contributed by atoms with E-state index in [9.17, 15) is 47.9 Å². The van der Waals surface area contributed by atoms with Gasteiger partial charge in [-0.25, -0.2) is 9.18 Å². The number of hydrogen-bond acceptors (Lipinski definition) is 10. The van der Waals surface area contributed by atoms with E-state index in [1.165, 1.54) is 60.8 Å². The number of carbonyl (C=O) groups is 8. The first-order valence-electron chi connectivity index (χ1n) is 24.9. The van der Waals surface area contributed by atoms with E-state index in [2.05, 4.69) is 45.3 Å². The number of ether oxygens (including phenoxy) is 2. The molecule has 1 saturated heterocycles. The minimum absolute atomic E-state index is 0.0163. The van der Waals surface area contributed by atoms with Gasteiger partial charge in [-0.2, -0.15) is 0 Å². The van der Waals surface area contributed by atoms with E-state index in [-0.39, 0.29) is 71.9 Å². The van der Waals surface area contributed by atoms with Gasteiger partial charge in [-0.1, -0.05) is 85.9 Å². The standard InChI is InChI=1S/C33H49FN4O8.C16H26N2O3.C3H8/c1-7-20(2)29(37(4)28(41)17-35-19-39)26(45-5)15-27(40)38-18-33(12-13-33)16-25(38)30(46-6)21(3)31(42)36-24(32(43)44)14-22-10-8-9-11-23(22)34;1-12(2)13(3)17(4)14(19)8-6-5-7-11-18-15(20)9-10-16(18)21;1-3-2/h8-11,19-21,24-26,29-30H,7,12-18H2,1-6H3,(H,35,39)(H,36,42)(H,43,44);9-10,12-13H,5-8,11H2,1-4H3;3H2,1-2H3. The Morgan fingerprint density at radius 3 is 2.04 bits per heavy atom. The summed E-state index contributed by atoms with van der Waals surface area (Å²) in [5.74, 6) is -3.65. The second-order valence-electron chi connectivity index (χ2n) is 19.5. The van der Waals surface area contributed by atoms with Gasteiger partial charge in [0.2, 0.25) is 30.0 Å². The Morgan fingerprint density at radius 2 is 1.53 bits per heavy atom. The Morgan fingerprint density at radius 1 is 0.914 bits per heavy atom. The number of carboxylic acids is 1. The number of methoxy groups -OCH3 is 2. The molecule has 7 amide bonds. The van der Waals surface area contributed by atoms with Crippen molar-refractivity contribution in [3.8, 4) is 0 Å². The van der Waals surface area contributed by atoms with Crippen molar-refractivity contribution < 1.29 is 57.3 Å². The van der Waals surface area contributed by atoms with Crippen molar-refractivity contribution in [3.63, 3.8) is 0 Å². The molecule has 2 fully saturated rings. The molecule has 1 aromatic rings. The zero-order valence-electron chi connectivity index (χ0n) is 43.8. The summed E-state index contributed by atoms with van der Waals surface area (Å²) in [7, 11) is 6.45. The SMILES string of the molecule is CC(C)C(C)N(C)C(=O)CCCCCN1C(=O)C=CC1=O.CCC.CCC(C)C(C(CC(=O)N1CC2(CC2)CC1C(OC)C(C)C(=O)NC(Cc1ccccc1F)C(=O)O)OC)N(C)C(=O)CNC=O. The van der Waals surface area contributed by atoms with Crippen molar-refractivity contribution in [2.45, 2.75) is 162 Å². The molecule has 3 N–H and O–H groups in total. The van der Waals surface area contributed by atoms with Crippen molar-refractivity contribution in [1.82, 2.24) is 30.2 Å². The molecule has 4 rings (SSSR count). The number of aliphatic carboxylic acids is 1. The summed E-state index contributed by atoms with van der Waals surface area (Å²) in [4.78, 5) is 104. The number of hydrogen-bond donors (Lipinski definition) is 3. The molecule has 2 aliphatic heterocycles. The van der Waals surface area contributed by atoms with E-state index in [1.54, 1.807) is 24.9 Å². The highest BCUT2D eigenvalue weighted by Gasteiger charge is 2.56. The first kappa shape index (κ1) is 60.9. The number of nitrogens with zero attached hydrogens (tertiary/aromatic N) is 4. The fourth-order valence-electron chi connectivity index (χ4n) is 8.95. The quantitative estimate of drug-likeness (QED) is 0.0609. The average molecular weight is 987 g/mol. The number of amides is 7. The summed E-state index contributed by atoms with van der Waals surface area (Å²) in [5.41, 5.74) is 0.110. The Kier molecular flexibility index (Phi) is 26.0. The number of imide groups is 1. The summed E-state index contributed by atoms with van der Waals surface area (Å²) < 4.78 is 25.9. The lowest BCUT2D eigenvalue weighted by molar-refractivity contribution is -0.147. The molecule has 0 radical (unpaired) electrons. The van der Waals surface area contributed by atoms with Crippen LogP contribution in [0.5, 0.6) is 0 Å². The minimum Gasteiger partial charge on any atom is -0.480 e. The highest BCUT2D eigenvalue weighted by Crippen LogP contribution is 2.56. The molecule has 18 heteroatoms. The van der Waals surface area contributed by atoms with Crippen LogP contribution in [0.1, 0.15) is 125 Å². The topological polar surface area (TPSA) is 212 Å². The molecule has 70 heavy (non-hydrogen) atoms. The third kappa shape index (κ3) is 17.9. The summed E-state index contributed by atoms with van der Waals surface area (Å²) in [6.45, 7) is 16.9. The van der Waals surface area contributed by atoms with Gasteiger partial charge in [-0.05, 0) is 67.9 Å². The Bertz CT molecular complexity index is 1910. The van der Waals surface area contributed by atoms with Crippen molar-refractivity contribution >= 4 is 47.8 Å². The van der Waals surface area contributed by atoms with Crippen LogP contribution in [-0.2, 0) is 54.3 Å². The molecule has 8 unspecified atom stereocenters. The van der Waals surface area contributed by atoms with E-state index in [1.807, 2.05) is 25.8 Å². The highest BCUT2D eigenvalue weighted by molar-refractivity contribution is 6.12. The molecule has 1 spiro atoms. The van der Waals surface area contributed by atoms with Crippen LogP contribution in [0.4, 0.5) is 4.39 Å². The Balaban J connectivity index is 0.000000582. The van der Waals surface area contributed by atoms with Crippen LogP contribution in [-0.4, -0.2) is 157 Å². The van der Waals surface area contributed by atoms with E-state index >= 15 is 0 Å². The molecule has 8 atom stereocenters. The number of unbranched alkanes of at least 4 members (excludes halogenated alkanes) is 2. The molecule has 394 valence electrons. The number of benzene rings is 1. The summed E-state index contributed by atoms with van der Waals surface area (Å²) >= 11 is 0. The minimum atomic E-state index is -1.36. The third-order valence-electron chi connectivity index (χ3n) is 14.0. The van der Waals surface area contributed by atoms with Gasteiger partial charge in [0.1, 0.15) is 11.9 Å². The second-order valence-corrected chi connectivity index (χ2v) is 19.5. The second kappa shape index (κ2) is 29.8. The maximum Gasteiger partial charge on any atom is 0.326 e. The van der Waals surface area contributed by atoms with Crippen LogP contribution in [0, 0.1) is 29.0 Å². The van der Waals surface area contributed by atoms with Gasteiger partial charge in [-0.3, -0.25) is 38.5 Å². The van der Waals surface area contributed by atoms with Crippen molar-refractivity contribution in [2.75, 3.05) is 47.9 Å². The number of likely N-dealkylation sites (N-methyl/N-ethyl adjacent to an activating group) is 1. The first-order chi connectivity index (χ1) is 33.1. The lowest BCUT2D eigenvalue weighted by Gasteiger charge is -2.39. The van der Waals surface area contributed by atoms with E-state index in [0.717, 1.165) is 38.5 Å².